The van der Waals surface area contributed by atoms with Crippen molar-refractivity contribution in [3.8, 4) is 11.1 Å². The van der Waals surface area contributed by atoms with Crippen molar-refractivity contribution in [1.82, 2.24) is 9.97 Å². The quantitative estimate of drug-likeness (QED) is 0.590. The van der Waals surface area contributed by atoms with Crippen molar-refractivity contribution in [3.63, 3.8) is 0 Å². The lowest BCUT2D eigenvalue weighted by molar-refractivity contribution is 1.09. The molecule has 2 rings (SSSR count). The Kier molecular flexibility index (Phi) is 2.13. The first-order chi connectivity index (χ1) is 7.16. The Hall–Kier alpha value is -2.30. The van der Waals surface area contributed by atoms with Gasteiger partial charge in [0.15, 0.2) is 0 Å². The number of benzene rings is 1. The fourth-order valence-corrected chi connectivity index (χ4v) is 1.30. The van der Waals surface area contributed by atoms with Gasteiger partial charge in [-0.3, -0.25) is 4.98 Å². The van der Waals surface area contributed by atoms with Crippen LogP contribution in [-0.4, -0.2) is 9.97 Å². The maximum absolute atomic E-state index is 10.9. The molecule has 0 aliphatic rings. The summed E-state index contributed by atoms with van der Waals surface area (Å²) in [4.78, 5) is 16.9. The Morgan fingerprint density at radius 1 is 1.13 bits per heavy atom. The monoisotopic (exact) mass is 202 g/mol. The van der Waals surface area contributed by atoms with E-state index in [0.29, 0.717) is 17.1 Å². The van der Waals surface area contributed by atoms with Gasteiger partial charge in [0.2, 0.25) is 0 Å². The van der Waals surface area contributed by atoms with Gasteiger partial charge in [-0.1, -0.05) is 12.1 Å². The molecule has 0 bridgehead atoms. The van der Waals surface area contributed by atoms with Crippen LogP contribution >= 0.6 is 0 Å². The zero-order valence-electron chi connectivity index (χ0n) is 7.90. The molecule has 1 heterocycles. The van der Waals surface area contributed by atoms with Gasteiger partial charge in [0.05, 0.1) is 0 Å². The van der Waals surface area contributed by atoms with Gasteiger partial charge < -0.3 is 11.5 Å². The van der Waals surface area contributed by atoms with Crippen LogP contribution in [0.3, 0.4) is 0 Å². The first-order valence-electron chi connectivity index (χ1n) is 4.37. The average Bonchev–Trinajstić information content (AvgIpc) is 2.20. The number of nitrogens with zero attached hydrogens (tertiary/aromatic N) is 1. The second-order valence-corrected chi connectivity index (χ2v) is 3.14. The van der Waals surface area contributed by atoms with Crippen molar-refractivity contribution >= 4 is 11.5 Å². The molecule has 0 atom stereocenters. The summed E-state index contributed by atoms with van der Waals surface area (Å²) in [5.74, 6) is 0.305. The van der Waals surface area contributed by atoms with Gasteiger partial charge in [0, 0.05) is 17.4 Å². The molecule has 1 aromatic heterocycles. The van der Waals surface area contributed by atoms with Crippen LogP contribution in [0.2, 0.25) is 0 Å². The number of rotatable bonds is 1. The number of anilines is 2. The molecule has 5 heteroatoms. The number of hydrogen-bond donors (Lipinski definition) is 3. The van der Waals surface area contributed by atoms with Gasteiger partial charge in [-0.25, -0.2) is 9.78 Å². The molecule has 0 aliphatic carbocycles. The molecule has 0 aliphatic heterocycles. The number of aromatic nitrogens is 2. The minimum Gasteiger partial charge on any atom is -0.399 e. The van der Waals surface area contributed by atoms with Gasteiger partial charge in [-0.15, -0.1) is 0 Å². The van der Waals surface area contributed by atoms with Crippen molar-refractivity contribution in [1.29, 1.82) is 0 Å². The van der Waals surface area contributed by atoms with E-state index in [0.717, 1.165) is 5.56 Å². The molecule has 2 aromatic rings. The third-order valence-corrected chi connectivity index (χ3v) is 2.06. The maximum Gasteiger partial charge on any atom is 0.346 e. The predicted molar refractivity (Wildman–Crippen MR) is 59.1 cm³/mol. The molecule has 0 spiro atoms. The molecule has 5 nitrogen and oxygen atoms in total. The Bertz CT molecular complexity index is 530. The molecule has 76 valence electrons. The molecule has 15 heavy (non-hydrogen) atoms. The molecule has 0 unspecified atom stereocenters. The number of nitrogens with two attached hydrogens (primary N) is 2. The number of nitrogens with one attached hydrogen (secondary N) is 1. The lowest BCUT2D eigenvalue weighted by Crippen LogP contribution is -2.12. The van der Waals surface area contributed by atoms with Crippen LogP contribution in [0.15, 0.2) is 35.3 Å². The van der Waals surface area contributed by atoms with E-state index in [9.17, 15) is 4.79 Å². The molecule has 0 amide bonds. The predicted octanol–water partition coefficient (Wildman–Crippen LogP) is 0.601. The SMILES string of the molecule is Nc1ccc(-c2cnc(=O)[nH]c2N)cc1. The third kappa shape index (κ3) is 1.80. The minimum atomic E-state index is -0.452. The fraction of sp³-hybridized carbons (Fsp3) is 0. The summed E-state index contributed by atoms with van der Waals surface area (Å²) in [5.41, 5.74) is 13.0. The summed E-state index contributed by atoms with van der Waals surface area (Å²) in [6.07, 6.45) is 1.44. The summed E-state index contributed by atoms with van der Waals surface area (Å²) >= 11 is 0. The van der Waals surface area contributed by atoms with E-state index in [4.69, 9.17) is 11.5 Å². The summed E-state index contributed by atoms with van der Waals surface area (Å²) in [6, 6.07) is 7.17. The van der Waals surface area contributed by atoms with Crippen LogP contribution in [0.4, 0.5) is 11.5 Å². The van der Waals surface area contributed by atoms with E-state index < -0.39 is 5.69 Å². The first kappa shape index (κ1) is 9.26. The van der Waals surface area contributed by atoms with E-state index >= 15 is 0 Å². The zero-order valence-corrected chi connectivity index (χ0v) is 7.90. The fourth-order valence-electron chi connectivity index (χ4n) is 1.30. The number of aromatic amines is 1. The van der Waals surface area contributed by atoms with E-state index in [-0.39, 0.29) is 0 Å². The number of nitrogen functional groups attached to an aromatic ring is 2. The standard InChI is InChI=1S/C10H10N4O/c11-7-3-1-6(2-4-7)8-5-13-10(15)14-9(8)12/h1-5H,11H2,(H3,12,13,14,15). The van der Waals surface area contributed by atoms with E-state index in [1.807, 2.05) is 12.1 Å². The van der Waals surface area contributed by atoms with Crippen molar-refractivity contribution in [2.24, 2.45) is 0 Å². The highest BCUT2D eigenvalue weighted by Crippen LogP contribution is 2.22. The van der Waals surface area contributed by atoms with Crippen LogP contribution < -0.4 is 17.2 Å². The second-order valence-electron chi connectivity index (χ2n) is 3.14. The molecule has 0 radical (unpaired) electrons. The summed E-state index contributed by atoms with van der Waals surface area (Å²) < 4.78 is 0. The van der Waals surface area contributed by atoms with E-state index in [1.54, 1.807) is 12.1 Å². The van der Waals surface area contributed by atoms with Crippen LogP contribution in [0, 0.1) is 0 Å². The van der Waals surface area contributed by atoms with Gasteiger partial charge in [0.25, 0.3) is 0 Å². The topological polar surface area (TPSA) is 97.8 Å². The Balaban J connectivity index is 2.54. The van der Waals surface area contributed by atoms with Crippen LogP contribution in [0.5, 0.6) is 0 Å². The highest BCUT2D eigenvalue weighted by molar-refractivity contribution is 5.73. The molecular formula is C10H10N4O. The lowest BCUT2D eigenvalue weighted by Gasteiger charge is -2.04. The third-order valence-electron chi connectivity index (χ3n) is 2.06. The normalized spacial score (nSPS) is 10.1. The van der Waals surface area contributed by atoms with Gasteiger partial charge in [-0.2, -0.15) is 0 Å². The molecule has 5 N–H and O–H groups in total. The van der Waals surface area contributed by atoms with Gasteiger partial charge in [-0.05, 0) is 17.7 Å². The first-order valence-corrected chi connectivity index (χ1v) is 4.37. The summed E-state index contributed by atoms with van der Waals surface area (Å²) in [6.45, 7) is 0. The zero-order chi connectivity index (χ0) is 10.8. The Labute approximate surface area is 85.8 Å². The van der Waals surface area contributed by atoms with Crippen molar-refractivity contribution in [2.75, 3.05) is 11.5 Å². The lowest BCUT2D eigenvalue weighted by atomic mass is 10.1. The number of hydrogen-bond acceptors (Lipinski definition) is 4. The van der Waals surface area contributed by atoms with Gasteiger partial charge in [0.1, 0.15) is 5.82 Å². The highest BCUT2D eigenvalue weighted by Gasteiger charge is 2.03. The molecular weight excluding hydrogens is 192 g/mol. The van der Waals surface area contributed by atoms with Crippen LogP contribution in [-0.2, 0) is 0 Å². The minimum absolute atomic E-state index is 0.305. The maximum atomic E-state index is 10.9. The number of H-pyrrole nitrogens is 1. The Morgan fingerprint density at radius 3 is 2.40 bits per heavy atom. The molecule has 0 saturated heterocycles. The summed E-state index contributed by atoms with van der Waals surface area (Å²) in [5, 5.41) is 0. The average molecular weight is 202 g/mol. The van der Waals surface area contributed by atoms with Crippen LogP contribution in [0.25, 0.3) is 11.1 Å². The van der Waals surface area contributed by atoms with Crippen molar-refractivity contribution in [3.05, 3.63) is 40.9 Å². The Morgan fingerprint density at radius 2 is 1.80 bits per heavy atom. The van der Waals surface area contributed by atoms with Crippen LogP contribution in [0.1, 0.15) is 0 Å². The largest absolute Gasteiger partial charge is 0.399 e. The van der Waals surface area contributed by atoms with Crippen molar-refractivity contribution < 1.29 is 0 Å². The second kappa shape index (κ2) is 3.45. The van der Waals surface area contributed by atoms with E-state index in [1.165, 1.54) is 6.20 Å². The molecule has 0 fully saturated rings. The van der Waals surface area contributed by atoms with Gasteiger partial charge >= 0.3 is 5.69 Å². The highest BCUT2D eigenvalue weighted by atomic mass is 16.1. The summed E-state index contributed by atoms with van der Waals surface area (Å²) in [7, 11) is 0. The smallest absolute Gasteiger partial charge is 0.346 e. The molecule has 0 saturated carbocycles. The van der Waals surface area contributed by atoms with Crippen molar-refractivity contribution in [2.45, 2.75) is 0 Å². The van der Waals surface area contributed by atoms with E-state index in [2.05, 4.69) is 9.97 Å². The molecule has 1 aromatic carbocycles.